The molecule has 5 nitrogen and oxygen atoms in total. The third kappa shape index (κ3) is 4.80. The number of piperazine rings is 1. The molecule has 2 rings (SSSR count). The van der Waals surface area contributed by atoms with Gasteiger partial charge in [-0.25, -0.2) is 4.98 Å². The molecule has 0 amide bonds. The van der Waals surface area contributed by atoms with Crippen LogP contribution >= 0.6 is 0 Å². The summed E-state index contributed by atoms with van der Waals surface area (Å²) in [6.45, 7) is 6.79. The minimum Gasteiger partial charge on any atom is -0.338 e. The molecule has 2 heterocycles. The van der Waals surface area contributed by atoms with Gasteiger partial charge in [0.2, 0.25) is 0 Å². The Labute approximate surface area is 129 Å². The van der Waals surface area contributed by atoms with Crippen LogP contribution in [0.5, 0.6) is 0 Å². The highest BCUT2D eigenvalue weighted by atomic mass is 15.3. The van der Waals surface area contributed by atoms with E-state index in [4.69, 9.17) is 0 Å². The lowest BCUT2D eigenvalue weighted by atomic mass is 9.99. The maximum absolute atomic E-state index is 4.44. The van der Waals surface area contributed by atoms with Crippen molar-refractivity contribution < 1.29 is 0 Å². The molecular weight excluding hydrogens is 262 g/mol. The van der Waals surface area contributed by atoms with Crippen LogP contribution in [0.15, 0.2) is 12.4 Å². The summed E-state index contributed by atoms with van der Waals surface area (Å²) in [4.78, 5) is 9.41. The molecule has 21 heavy (non-hydrogen) atoms. The first kappa shape index (κ1) is 16.5. The van der Waals surface area contributed by atoms with Crippen LogP contribution in [0.2, 0.25) is 0 Å². The second-order valence-electron chi connectivity index (χ2n) is 6.38. The number of hydrogen-bond acceptors (Lipinski definition) is 4. The van der Waals surface area contributed by atoms with Gasteiger partial charge >= 0.3 is 0 Å². The molecule has 5 heteroatoms. The van der Waals surface area contributed by atoms with Crippen molar-refractivity contribution in [2.24, 2.45) is 7.05 Å². The van der Waals surface area contributed by atoms with Gasteiger partial charge in [-0.3, -0.25) is 0 Å². The van der Waals surface area contributed by atoms with Gasteiger partial charge in [-0.1, -0.05) is 6.92 Å². The van der Waals surface area contributed by atoms with Gasteiger partial charge in [0.05, 0.1) is 0 Å². The van der Waals surface area contributed by atoms with Gasteiger partial charge in [-0.15, -0.1) is 0 Å². The number of hydrogen-bond donors (Lipinski definition) is 1. The smallest absolute Gasteiger partial charge is 0.108 e. The van der Waals surface area contributed by atoms with Crippen molar-refractivity contribution in [3.63, 3.8) is 0 Å². The van der Waals surface area contributed by atoms with Gasteiger partial charge < -0.3 is 19.7 Å². The van der Waals surface area contributed by atoms with Crippen LogP contribution in [0.1, 0.15) is 25.6 Å². The number of aromatic nitrogens is 2. The first-order chi connectivity index (χ1) is 10.1. The van der Waals surface area contributed by atoms with Gasteiger partial charge in [0.1, 0.15) is 5.82 Å². The van der Waals surface area contributed by atoms with E-state index in [2.05, 4.69) is 52.7 Å². The van der Waals surface area contributed by atoms with Crippen LogP contribution in [0, 0.1) is 0 Å². The van der Waals surface area contributed by atoms with Crippen molar-refractivity contribution in [1.29, 1.82) is 0 Å². The molecule has 1 aromatic rings. The van der Waals surface area contributed by atoms with Crippen molar-refractivity contribution in [3.8, 4) is 0 Å². The highest BCUT2D eigenvalue weighted by molar-refractivity contribution is 4.93. The van der Waals surface area contributed by atoms with E-state index in [1.165, 1.54) is 31.9 Å². The highest BCUT2D eigenvalue weighted by Crippen LogP contribution is 2.15. The standard InChI is InChI=1S/C16H31N5/c1-5-17-14(6-7-16-18-8-9-21(16)4)12-15-13-19(2)10-11-20(15)3/h8-9,14-15,17H,5-7,10-13H2,1-4H3. The fourth-order valence-corrected chi connectivity index (χ4v) is 3.22. The van der Waals surface area contributed by atoms with Crippen molar-refractivity contribution in [2.45, 2.75) is 38.3 Å². The molecule has 0 spiro atoms. The molecule has 1 N–H and O–H groups in total. The lowest BCUT2D eigenvalue weighted by Crippen LogP contribution is -2.52. The van der Waals surface area contributed by atoms with Crippen LogP contribution in [0.4, 0.5) is 0 Å². The van der Waals surface area contributed by atoms with Crippen molar-refractivity contribution in [2.75, 3.05) is 40.3 Å². The van der Waals surface area contributed by atoms with E-state index >= 15 is 0 Å². The first-order valence-electron chi connectivity index (χ1n) is 8.18. The molecule has 1 aliphatic rings. The van der Waals surface area contributed by atoms with E-state index in [0.29, 0.717) is 12.1 Å². The van der Waals surface area contributed by atoms with E-state index in [1.54, 1.807) is 0 Å². The van der Waals surface area contributed by atoms with Crippen LogP contribution in [-0.2, 0) is 13.5 Å². The lowest BCUT2D eigenvalue weighted by molar-refractivity contribution is 0.100. The first-order valence-corrected chi connectivity index (χ1v) is 8.18. The Balaban J connectivity index is 1.87. The average Bonchev–Trinajstić information content (AvgIpc) is 2.86. The van der Waals surface area contributed by atoms with E-state index < -0.39 is 0 Å². The summed E-state index contributed by atoms with van der Waals surface area (Å²) in [5, 5.41) is 3.66. The predicted molar refractivity (Wildman–Crippen MR) is 87.5 cm³/mol. The maximum atomic E-state index is 4.44. The number of nitrogens with zero attached hydrogens (tertiary/aromatic N) is 4. The zero-order valence-corrected chi connectivity index (χ0v) is 14.0. The van der Waals surface area contributed by atoms with Gasteiger partial charge in [0, 0.05) is 57.6 Å². The molecule has 0 aliphatic carbocycles. The van der Waals surface area contributed by atoms with E-state index in [0.717, 1.165) is 19.4 Å². The molecule has 0 saturated carbocycles. The van der Waals surface area contributed by atoms with Crippen LogP contribution in [0.3, 0.4) is 0 Å². The monoisotopic (exact) mass is 293 g/mol. The molecule has 1 aromatic heterocycles. The second-order valence-corrected chi connectivity index (χ2v) is 6.38. The summed E-state index contributed by atoms with van der Waals surface area (Å²) in [7, 11) is 6.57. The predicted octanol–water partition coefficient (Wildman–Crippen LogP) is 0.967. The number of aryl methyl sites for hydroxylation is 2. The van der Waals surface area contributed by atoms with E-state index in [9.17, 15) is 0 Å². The Kier molecular flexibility index (Phi) is 6.21. The molecule has 1 fully saturated rings. The van der Waals surface area contributed by atoms with Crippen molar-refractivity contribution in [3.05, 3.63) is 18.2 Å². The summed E-state index contributed by atoms with van der Waals surface area (Å²) in [6.07, 6.45) is 7.35. The zero-order valence-electron chi connectivity index (χ0n) is 14.0. The lowest BCUT2D eigenvalue weighted by Gasteiger charge is -2.39. The van der Waals surface area contributed by atoms with E-state index in [1.807, 2.05) is 12.4 Å². The fraction of sp³-hybridized carbons (Fsp3) is 0.812. The summed E-state index contributed by atoms with van der Waals surface area (Å²) in [6, 6.07) is 1.24. The van der Waals surface area contributed by atoms with Crippen LogP contribution in [-0.4, -0.2) is 71.7 Å². The number of rotatable bonds is 7. The van der Waals surface area contributed by atoms with Crippen molar-refractivity contribution >= 4 is 0 Å². The third-order valence-electron chi connectivity index (χ3n) is 4.67. The molecule has 0 bridgehead atoms. The fourth-order valence-electron chi connectivity index (χ4n) is 3.22. The minimum atomic E-state index is 0.575. The molecule has 1 saturated heterocycles. The van der Waals surface area contributed by atoms with Gasteiger partial charge in [0.15, 0.2) is 0 Å². The molecule has 2 unspecified atom stereocenters. The molecule has 0 aromatic carbocycles. The van der Waals surface area contributed by atoms with Gasteiger partial charge in [0.25, 0.3) is 0 Å². The van der Waals surface area contributed by atoms with Crippen molar-refractivity contribution in [1.82, 2.24) is 24.7 Å². The normalized spacial score (nSPS) is 22.6. The number of imidazole rings is 1. The largest absolute Gasteiger partial charge is 0.338 e. The van der Waals surface area contributed by atoms with Crippen LogP contribution in [0.25, 0.3) is 0 Å². The topological polar surface area (TPSA) is 36.3 Å². The third-order valence-corrected chi connectivity index (χ3v) is 4.67. The number of likely N-dealkylation sites (N-methyl/N-ethyl adjacent to an activating group) is 2. The minimum absolute atomic E-state index is 0.575. The summed E-state index contributed by atoms with van der Waals surface area (Å²) in [5.74, 6) is 1.19. The molecular formula is C16H31N5. The average molecular weight is 293 g/mol. The molecule has 2 atom stereocenters. The Morgan fingerprint density at radius 1 is 1.33 bits per heavy atom. The second kappa shape index (κ2) is 7.92. The summed E-state index contributed by atoms with van der Waals surface area (Å²) in [5.41, 5.74) is 0. The SMILES string of the molecule is CCNC(CCc1nccn1C)CC1CN(C)CCN1C. The summed E-state index contributed by atoms with van der Waals surface area (Å²) >= 11 is 0. The maximum Gasteiger partial charge on any atom is 0.108 e. The zero-order chi connectivity index (χ0) is 15.2. The Bertz CT molecular complexity index is 417. The summed E-state index contributed by atoms with van der Waals surface area (Å²) < 4.78 is 2.13. The van der Waals surface area contributed by atoms with E-state index in [-0.39, 0.29) is 0 Å². The van der Waals surface area contributed by atoms with Crippen LogP contribution < -0.4 is 5.32 Å². The highest BCUT2D eigenvalue weighted by Gasteiger charge is 2.25. The molecule has 0 radical (unpaired) electrons. The molecule has 1 aliphatic heterocycles. The Hall–Kier alpha value is -0.910. The number of nitrogens with one attached hydrogen (secondary N) is 1. The Morgan fingerprint density at radius 3 is 2.81 bits per heavy atom. The quantitative estimate of drug-likeness (QED) is 0.813. The Morgan fingerprint density at radius 2 is 2.14 bits per heavy atom. The molecule has 120 valence electrons. The van der Waals surface area contributed by atoms with Gasteiger partial charge in [-0.05, 0) is 33.5 Å². The van der Waals surface area contributed by atoms with Gasteiger partial charge in [-0.2, -0.15) is 0 Å².